The number of aromatic hydroxyl groups is 6. The van der Waals surface area contributed by atoms with Crippen LogP contribution in [0.2, 0.25) is 0 Å². The van der Waals surface area contributed by atoms with Crippen LogP contribution in [0.4, 0.5) is 0 Å². The zero-order chi connectivity index (χ0) is 97.2. The quantitative estimate of drug-likeness (QED) is 0.0285. The molecule has 0 fully saturated rings. The Bertz CT molecular complexity index is 5300. The predicted molar refractivity (Wildman–Crippen MR) is 521 cm³/mol. The van der Waals surface area contributed by atoms with E-state index in [2.05, 4.69) is 206 Å². The van der Waals surface area contributed by atoms with Gasteiger partial charge < -0.3 is 75.0 Å². The number of rotatable bonds is 22. The number of carbonyl (C=O) groups is 5. The Morgan fingerprint density at radius 3 is 0.652 bits per heavy atom. The summed E-state index contributed by atoms with van der Waals surface area (Å²) in [7, 11) is 2.42. The molecule has 132 heavy (non-hydrogen) atoms. The molecule has 0 unspecified atom stereocenters. The van der Waals surface area contributed by atoms with Gasteiger partial charge in [-0.3, -0.25) is 19.3 Å². The van der Waals surface area contributed by atoms with Gasteiger partial charge >= 0.3 is 11.9 Å². The molecule has 16 bridgehead atoms. The first-order chi connectivity index (χ1) is 61.3. The molecule has 0 radical (unpaired) electrons. The van der Waals surface area contributed by atoms with Crippen molar-refractivity contribution in [2.45, 2.75) is 261 Å². The van der Waals surface area contributed by atoms with Gasteiger partial charge in [0.2, 0.25) is 0 Å². The number of benzene rings is 9. The summed E-state index contributed by atoms with van der Waals surface area (Å²) in [5.74, 6) is -1.30. The molecule has 11 rings (SSSR count). The van der Waals surface area contributed by atoms with E-state index in [0.29, 0.717) is 101 Å². The summed E-state index contributed by atoms with van der Waals surface area (Å²) >= 11 is 0. The van der Waals surface area contributed by atoms with Crippen molar-refractivity contribution in [3.8, 4) is 57.5 Å². The lowest BCUT2D eigenvalue weighted by Crippen LogP contribution is -2.44. The van der Waals surface area contributed by atoms with Crippen molar-refractivity contribution < 1.29 is 83.0 Å². The Morgan fingerprint density at radius 2 is 0.455 bits per heavy atom. The Labute approximate surface area is 781 Å². The number of hydrogen-bond acceptors (Lipinski definition) is 18. The highest BCUT2D eigenvalue weighted by Crippen LogP contribution is 2.48. The first-order valence-corrected chi connectivity index (χ1v) is 46.1. The van der Waals surface area contributed by atoms with Crippen molar-refractivity contribution in [2.75, 3.05) is 79.9 Å². The second-order valence-electron chi connectivity index (χ2n) is 44.3. The fourth-order valence-corrected chi connectivity index (χ4v) is 16.8. The summed E-state index contributed by atoms with van der Waals surface area (Å²) in [5, 5.41) is 85.1. The summed E-state index contributed by atoms with van der Waals surface area (Å²) in [6.45, 7) is 50.1. The maximum Gasteiger partial charge on any atom is 0.343 e. The number of methoxy groups -OCH3 is 2. The predicted octanol–water partition coefficient (Wildman–Crippen LogP) is 19.2. The number of phenols is 6. The summed E-state index contributed by atoms with van der Waals surface area (Å²) in [6.07, 6.45) is 1.54. The standard InChI is InChI=1S/C111H142N4O17/c1-104(2,3)81-41-64-33-68-45-83(106(7,8)9)49-72(97(68)122)37-76-53-87(110(19,20)21)54-77(38-73-50-84(107(10,11)12)46-69(98(73)123)34-65(42-81)95(64)120)101(76)131-61-92(117)113-28-31-115(30-27-112-91(116)60-129-89-57-80(103(126)128-26)58-90(59-89)130-63-94(119)127-25)32-29-114-93(118)62-132-102-78-39-74-51-85(108(13,14)15)47-70(99(74)124)35-66-43-82(105(4,5)6)44-67(96(66)121)36-71-48-86(109(16,17)18)52-75(100(71)125)40-79(102)56-88(55-78)111(22,23)24/h41-59,120-125H,27-40,60-63H2,1-26H3,(H,112,116)(H,113,117)(H,114,118). The molecule has 9 aromatic rings. The Morgan fingerprint density at radius 1 is 0.265 bits per heavy atom. The summed E-state index contributed by atoms with van der Waals surface area (Å²) < 4.78 is 35.0. The van der Waals surface area contributed by atoms with E-state index < -0.39 is 66.9 Å². The number of nitrogens with zero attached hydrogens (tertiary/aromatic N) is 1. The number of hydrogen-bond donors (Lipinski definition) is 9. The maximum absolute atomic E-state index is 14.8. The third-order valence-corrected chi connectivity index (χ3v) is 25.3. The van der Waals surface area contributed by atoms with Crippen molar-refractivity contribution in [3.05, 3.63) is 254 Å². The number of fused-ring (bicyclic) bond motifs is 16. The lowest BCUT2D eigenvalue weighted by atomic mass is 9.79. The van der Waals surface area contributed by atoms with E-state index in [1.807, 2.05) is 77.7 Å². The van der Waals surface area contributed by atoms with E-state index in [4.69, 9.17) is 28.4 Å². The Hall–Kier alpha value is -11.7. The molecular weight excluding hydrogens is 1660 g/mol. The van der Waals surface area contributed by atoms with Crippen LogP contribution in [0.3, 0.4) is 0 Å². The largest absolute Gasteiger partial charge is 0.507 e. The number of nitrogens with one attached hydrogen (secondary N) is 3. The van der Waals surface area contributed by atoms with Crippen LogP contribution in [0.25, 0.3) is 0 Å². The minimum Gasteiger partial charge on any atom is -0.507 e. The first-order valence-electron chi connectivity index (χ1n) is 46.1. The third kappa shape index (κ3) is 25.2. The van der Waals surface area contributed by atoms with Crippen molar-refractivity contribution in [1.29, 1.82) is 0 Å². The molecule has 0 atom stereocenters. The van der Waals surface area contributed by atoms with Gasteiger partial charge in [0.25, 0.3) is 17.7 Å². The van der Waals surface area contributed by atoms with E-state index >= 15 is 0 Å². The molecule has 0 heterocycles. The van der Waals surface area contributed by atoms with Crippen LogP contribution in [-0.4, -0.2) is 145 Å². The number of carbonyl (C=O) groups excluding carboxylic acids is 5. The number of phenolic OH excluding ortho intramolecular Hbond substituents is 6. The van der Waals surface area contributed by atoms with Crippen LogP contribution in [0, 0.1) is 0 Å². The monoisotopic (exact) mass is 1800 g/mol. The molecule has 2 aliphatic carbocycles. The molecule has 21 nitrogen and oxygen atoms in total. The van der Waals surface area contributed by atoms with Gasteiger partial charge in [-0.05, 0) is 189 Å². The van der Waals surface area contributed by atoms with Gasteiger partial charge in [-0.1, -0.05) is 263 Å². The highest BCUT2D eigenvalue weighted by Gasteiger charge is 2.34. The Kier molecular flexibility index (Phi) is 30.3. The summed E-state index contributed by atoms with van der Waals surface area (Å²) in [6, 6.07) is 36.9. The van der Waals surface area contributed by atoms with Crippen LogP contribution in [-0.2, 0) is 123 Å². The van der Waals surface area contributed by atoms with Gasteiger partial charge in [0, 0.05) is 96.7 Å². The number of esters is 2. The van der Waals surface area contributed by atoms with Crippen LogP contribution >= 0.6 is 0 Å². The lowest BCUT2D eigenvalue weighted by molar-refractivity contribution is -0.143. The SMILES string of the molecule is COC(=O)COc1cc(OCC(=O)NCCN(CCNC(=O)COc2c3cc(C(C)(C)C)cc2Cc2cc(C(C)(C)C)cc(c2O)Cc2cc(C(C)(C)C)cc(c2O)Cc2cc(C(C)(C)C)cc(c2O)C3)CCNC(=O)COc2c3cc(C(C)(C)C)cc2Cc2cc(C(C)(C)C)cc(c2O)Cc2cc(C(C)(C)C)cc(c2O)Cc2cc(C(C)(C)C)cc(c2O)C3)cc(C(=O)OC)c1. The van der Waals surface area contributed by atoms with Crippen LogP contribution in [0.1, 0.15) is 310 Å². The van der Waals surface area contributed by atoms with E-state index in [9.17, 15) is 54.6 Å². The van der Waals surface area contributed by atoms with Gasteiger partial charge in [0.15, 0.2) is 26.4 Å². The van der Waals surface area contributed by atoms with E-state index in [-0.39, 0.29) is 175 Å². The fourth-order valence-electron chi connectivity index (χ4n) is 16.8. The zero-order valence-electron chi connectivity index (χ0n) is 82.8. The smallest absolute Gasteiger partial charge is 0.343 e. The molecule has 708 valence electrons. The molecule has 21 heteroatoms. The summed E-state index contributed by atoms with van der Waals surface area (Å²) in [5.41, 5.74) is 15.4. The minimum atomic E-state index is -0.715. The second-order valence-corrected chi connectivity index (χ2v) is 44.3. The fraction of sp³-hybridized carbons (Fsp3) is 0.468. The molecule has 0 aliphatic heterocycles. The van der Waals surface area contributed by atoms with Crippen molar-refractivity contribution >= 4 is 29.7 Å². The van der Waals surface area contributed by atoms with E-state index in [1.54, 1.807) is 0 Å². The maximum atomic E-state index is 14.8. The first kappa shape index (κ1) is 101. The number of amides is 3. The Balaban J connectivity index is 0.907. The lowest BCUT2D eigenvalue weighted by Gasteiger charge is -2.27. The van der Waals surface area contributed by atoms with Crippen molar-refractivity contribution in [1.82, 2.24) is 20.9 Å². The second kappa shape index (κ2) is 39.6. The number of ether oxygens (including phenoxy) is 6. The molecular formula is C111H142N4O17. The summed E-state index contributed by atoms with van der Waals surface area (Å²) in [4.78, 5) is 70.1. The molecule has 2 aliphatic rings. The van der Waals surface area contributed by atoms with E-state index in [0.717, 1.165) is 44.5 Å². The average Bonchev–Trinajstić information content (AvgIpc) is 0.767. The zero-order valence-corrected chi connectivity index (χ0v) is 82.8. The average molecular weight is 1800 g/mol. The molecule has 0 spiro atoms. The van der Waals surface area contributed by atoms with Gasteiger partial charge in [0.05, 0.1) is 19.8 Å². The molecule has 3 amide bonds. The highest BCUT2D eigenvalue weighted by molar-refractivity contribution is 5.90. The topological polar surface area (TPSA) is 301 Å². The molecule has 0 saturated carbocycles. The normalized spacial score (nSPS) is 13.4. The van der Waals surface area contributed by atoms with Gasteiger partial charge in [-0.15, -0.1) is 0 Å². The van der Waals surface area contributed by atoms with Crippen LogP contribution in [0.15, 0.2) is 115 Å². The third-order valence-electron chi connectivity index (χ3n) is 25.3. The van der Waals surface area contributed by atoms with Crippen molar-refractivity contribution in [2.24, 2.45) is 0 Å². The van der Waals surface area contributed by atoms with Crippen LogP contribution in [0.5, 0.6) is 57.5 Å². The molecule has 9 aromatic carbocycles. The van der Waals surface area contributed by atoms with Gasteiger partial charge in [0.1, 0.15) is 57.5 Å². The van der Waals surface area contributed by atoms with Gasteiger partial charge in [-0.25, -0.2) is 9.59 Å². The molecule has 9 N–H and O–H groups in total. The van der Waals surface area contributed by atoms with E-state index in [1.165, 1.54) is 32.4 Å². The van der Waals surface area contributed by atoms with Gasteiger partial charge in [-0.2, -0.15) is 0 Å². The molecule has 0 saturated heterocycles. The minimum absolute atomic E-state index is 0.0408. The van der Waals surface area contributed by atoms with Crippen molar-refractivity contribution in [3.63, 3.8) is 0 Å². The van der Waals surface area contributed by atoms with Crippen LogP contribution < -0.4 is 34.9 Å². The molecule has 0 aromatic heterocycles. The highest BCUT2D eigenvalue weighted by atomic mass is 16.6.